The van der Waals surface area contributed by atoms with E-state index in [0.29, 0.717) is 39.0 Å². The lowest BCUT2D eigenvalue weighted by molar-refractivity contribution is 0.402. The number of hydrogen-bond donors (Lipinski definition) is 1. The second-order valence-electron chi connectivity index (χ2n) is 11.3. The van der Waals surface area contributed by atoms with E-state index in [2.05, 4.69) is 14.8 Å². The van der Waals surface area contributed by atoms with E-state index in [9.17, 15) is 25.6 Å². The summed E-state index contributed by atoms with van der Waals surface area (Å²) in [5.41, 5.74) is 4.30. The summed E-state index contributed by atoms with van der Waals surface area (Å²) in [5.74, 6) is -1.02. The molecule has 0 aliphatic carbocycles. The standard InChI is InChI=1S/C34H31F2N5O5S2/c1-20-6-10-27(11-7-20)48(44,45)41-19-29(33-21(2)39-40(22(33)3)18-25-14-26(35)9-12-30(25)36)28-15-24(17-38-34(28)41)23-8-13-31(46-5)32(16-23)47(42,43)37-4/h6-17,19,37H,18H2,1-5H3. The third-order valence-electron chi connectivity index (χ3n) is 8.22. The largest absolute Gasteiger partial charge is 0.495 e. The maximum Gasteiger partial charge on any atom is 0.269 e. The number of hydrogen-bond acceptors (Lipinski definition) is 7. The number of pyridine rings is 1. The molecule has 14 heteroatoms. The number of aryl methyl sites for hydroxylation is 2. The highest BCUT2D eigenvalue weighted by Crippen LogP contribution is 2.39. The van der Waals surface area contributed by atoms with Crippen LogP contribution in [-0.2, 0) is 26.6 Å². The first-order valence-corrected chi connectivity index (χ1v) is 17.6. The Bertz CT molecular complexity index is 2440. The molecule has 0 spiro atoms. The van der Waals surface area contributed by atoms with E-state index in [1.54, 1.807) is 38.1 Å². The van der Waals surface area contributed by atoms with Crippen molar-refractivity contribution in [2.75, 3.05) is 14.2 Å². The maximum absolute atomic E-state index is 14.6. The van der Waals surface area contributed by atoms with Gasteiger partial charge in [-0.15, -0.1) is 0 Å². The van der Waals surface area contributed by atoms with Crippen LogP contribution in [0.3, 0.4) is 0 Å². The Kier molecular flexibility index (Phi) is 8.43. The van der Waals surface area contributed by atoms with Gasteiger partial charge in [0.15, 0.2) is 5.65 Å². The molecule has 248 valence electrons. The Morgan fingerprint density at radius 3 is 2.31 bits per heavy atom. The fourth-order valence-electron chi connectivity index (χ4n) is 5.69. The predicted molar refractivity (Wildman–Crippen MR) is 178 cm³/mol. The van der Waals surface area contributed by atoms with Crippen molar-refractivity contribution in [1.29, 1.82) is 0 Å². The van der Waals surface area contributed by atoms with Crippen LogP contribution in [-0.4, -0.2) is 49.7 Å². The van der Waals surface area contributed by atoms with Crippen LogP contribution < -0.4 is 9.46 Å². The summed E-state index contributed by atoms with van der Waals surface area (Å²) in [6.45, 7) is 5.30. The summed E-state index contributed by atoms with van der Waals surface area (Å²) >= 11 is 0. The number of halogens is 2. The fraction of sp³-hybridized carbons (Fsp3) is 0.176. The van der Waals surface area contributed by atoms with Crippen LogP contribution >= 0.6 is 0 Å². The average molecular weight is 692 g/mol. The molecule has 6 aromatic rings. The Labute approximate surface area is 276 Å². The van der Waals surface area contributed by atoms with Gasteiger partial charge in [-0.05, 0) is 81.9 Å². The number of ether oxygens (including phenoxy) is 1. The van der Waals surface area contributed by atoms with Crippen LogP contribution in [0.5, 0.6) is 5.75 Å². The molecule has 0 fully saturated rings. The van der Waals surface area contributed by atoms with Gasteiger partial charge in [0.05, 0.1) is 24.2 Å². The second kappa shape index (κ2) is 12.3. The van der Waals surface area contributed by atoms with Gasteiger partial charge in [-0.25, -0.2) is 39.3 Å². The van der Waals surface area contributed by atoms with E-state index in [1.807, 2.05) is 6.92 Å². The molecule has 1 N–H and O–H groups in total. The zero-order valence-corrected chi connectivity index (χ0v) is 28.2. The van der Waals surface area contributed by atoms with Gasteiger partial charge < -0.3 is 4.74 Å². The topological polar surface area (TPSA) is 125 Å². The van der Waals surface area contributed by atoms with Crippen molar-refractivity contribution < 1.29 is 30.4 Å². The highest BCUT2D eigenvalue weighted by atomic mass is 32.2. The van der Waals surface area contributed by atoms with Crippen LogP contribution in [0.15, 0.2) is 88.9 Å². The number of nitrogens with zero attached hydrogens (tertiary/aromatic N) is 4. The molecule has 0 aliphatic rings. The van der Waals surface area contributed by atoms with E-state index < -0.39 is 31.7 Å². The quantitative estimate of drug-likeness (QED) is 0.198. The van der Waals surface area contributed by atoms with Crippen molar-refractivity contribution in [3.05, 3.63) is 113 Å². The van der Waals surface area contributed by atoms with Gasteiger partial charge in [-0.3, -0.25) is 4.68 Å². The third kappa shape index (κ3) is 5.76. The summed E-state index contributed by atoms with van der Waals surface area (Å²) in [5, 5.41) is 5.05. The lowest BCUT2D eigenvalue weighted by Crippen LogP contribution is -2.19. The van der Waals surface area contributed by atoms with Gasteiger partial charge in [0.2, 0.25) is 10.0 Å². The predicted octanol–water partition coefficient (Wildman–Crippen LogP) is 5.97. The molecule has 0 saturated carbocycles. The Morgan fingerprint density at radius 1 is 0.896 bits per heavy atom. The molecule has 0 atom stereocenters. The molecule has 0 bridgehead atoms. The van der Waals surface area contributed by atoms with Gasteiger partial charge in [-0.1, -0.05) is 23.8 Å². The molecule has 10 nitrogen and oxygen atoms in total. The van der Waals surface area contributed by atoms with Crippen molar-refractivity contribution in [3.8, 4) is 28.0 Å². The summed E-state index contributed by atoms with van der Waals surface area (Å²) in [6.07, 6.45) is 2.95. The number of fused-ring (bicyclic) bond motifs is 1. The van der Waals surface area contributed by atoms with Gasteiger partial charge >= 0.3 is 0 Å². The van der Waals surface area contributed by atoms with Crippen molar-refractivity contribution in [2.45, 2.75) is 37.1 Å². The van der Waals surface area contributed by atoms with Crippen molar-refractivity contribution >= 4 is 31.1 Å². The van der Waals surface area contributed by atoms with Gasteiger partial charge in [0, 0.05) is 45.7 Å². The molecule has 0 radical (unpaired) electrons. The molecule has 3 heterocycles. The third-order valence-corrected chi connectivity index (χ3v) is 11.3. The van der Waals surface area contributed by atoms with Crippen LogP contribution in [0, 0.1) is 32.4 Å². The highest BCUT2D eigenvalue weighted by molar-refractivity contribution is 7.90. The maximum atomic E-state index is 14.6. The number of benzene rings is 3. The second-order valence-corrected chi connectivity index (χ2v) is 14.9. The first-order valence-electron chi connectivity index (χ1n) is 14.7. The van der Waals surface area contributed by atoms with Crippen molar-refractivity contribution in [1.82, 2.24) is 23.5 Å². The molecule has 48 heavy (non-hydrogen) atoms. The number of sulfonamides is 1. The monoisotopic (exact) mass is 691 g/mol. The molecular formula is C34H31F2N5O5S2. The minimum Gasteiger partial charge on any atom is -0.495 e. The van der Waals surface area contributed by atoms with Gasteiger partial charge in [0.1, 0.15) is 22.3 Å². The fourth-order valence-corrected chi connectivity index (χ4v) is 7.93. The van der Waals surface area contributed by atoms with Gasteiger partial charge in [-0.2, -0.15) is 5.10 Å². The molecule has 3 aromatic carbocycles. The highest BCUT2D eigenvalue weighted by Gasteiger charge is 2.27. The summed E-state index contributed by atoms with van der Waals surface area (Å²) < 4.78 is 92.5. The first kappa shape index (κ1) is 33.0. The van der Waals surface area contributed by atoms with Crippen LogP contribution in [0.4, 0.5) is 8.78 Å². The number of aromatic nitrogens is 4. The minimum absolute atomic E-state index is 0.0604. The lowest BCUT2D eigenvalue weighted by Gasteiger charge is -2.11. The Hall–Kier alpha value is -4.92. The SMILES string of the molecule is CNS(=O)(=O)c1cc(-c2cnc3c(c2)c(-c2c(C)nn(Cc4cc(F)ccc4F)c2C)cn3S(=O)(=O)c2ccc(C)cc2)ccc1OC. The zero-order valence-electron chi connectivity index (χ0n) is 26.6. The summed E-state index contributed by atoms with van der Waals surface area (Å²) in [6, 6.07) is 16.1. The van der Waals surface area contributed by atoms with Crippen LogP contribution in [0.25, 0.3) is 33.3 Å². The number of rotatable bonds is 9. The Morgan fingerprint density at radius 2 is 1.62 bits per heavy atom. The molecule has 0 amide bonds. The minimum atomic E-state index is -4.13. The van der Waals surface area contributed by atoms with E-state index in [-0.39, 0.29) is 33.3 Å². The van der Waals surface area contributed by atoms with Crippen molar-refractivity contribution in [3.63, 3.8) is 0 Å². The zero-order chi connectivity index (χ0) is 34.5. The summed E-state index contributed by atoms with van der Waals surface area (Å²) in [7, 11) is -5.36. The molecule has 0 saturated heterocycles. The molecule has 6 rings (SSSR count). The van der Waals surface area contributed by atoms with Gasteiger partial charge in [0.25, 0.3) is 10.0 Å². The van der Waals surface area contributed by atoms with E-state index in [4.69, 9.17) is 4.74 Å². The number of methoxy groups -OCH3 is 1. The normalized spacial score (nSPS) is 12.1. The molecule has 0 unspecified atom stereocenters. The Balaban J connectivity index is 1.59. The molecular weight excluding hydrogens is 661 g/mol. The van der Waals surface area contributed by atoms with E-state index >= 15 is 0 Å². The summed E-state index contributed by atoms with van der Waals surface area (Å²) in [4.78, 5) is 4.57. The van der Waals surface area contributed by atoms with Crippen molar-refractivity contribution in [2.24, 2.45) is 0 Å². The van der Waals surface area contributed by atoms with Crippen LogP contribution in [0.2, 0.25) is 0 Å². The number of nitrogens with one attached hydrogen (secondary N) is 1. The van der Waals surface area contributed by atoms with E-state index in [1.165, 1.54) is 55.5 Å². The molecule has 0 aliphatic heterocycles. The lowest BCUT2D eigenvalue weighted by atomic mass is 10.0. The van der Waals surface area contributed by atoms with E-state index in [0.717, 1.165) is 27.7 Å². The molecule has 3 aromatic heterocycles. The smallest absolute Gasteiger partial charge is 0.269 e. The van der Waals surface area contributed by atoms with Crippen LogP contribution in [0.1, 0.15) is 22.5 Å². The average Bonchev–Trinajstić information content (AvgIpc) is 3.58. The first-order chi connectivity index (χ1) is 22.7.